The normalized spacial score (nSPS) is 14.0. The Morgan fingerprint density at radius 2 is 1.43 bits per heavy atom. The fourth-order valence-electron chi connectivity index (χ4n) is 8.53. The van der Waals surface area contributed by atoms with Crippen LogP contribution in [0, 0.1) is 0 Å². The Balaban J connectivity index is 1.13. The molecule has 0 aromatic heterocycles. The smallest absolute Gasteiger partial charge is 0.260 e. The number of anilines is 4. The number of ether oxygens (including phenoxy) is 7. The van der Waals surface area contributed by atoms with Crippen molar-refractivity contribution in [2.75, 3.05) is 108 Å². The molecule has 67 heavy (non-hydrogen) atoms. The zero-order chi connectivity index (χ0) is 47.1. The number of nitrogens with one attached hydrogen (secondary N) is 1. The number of benzene rings is 5. The molecule has 354 valence electrons. The Morgan fingerprint density at radius 3 is 2.10 bits per heavy atom. The molecule has 1 N–H and O–H groups in total. The molecule has 14 heteroatoms. The van der Waals surface area contributed by atoms with Gasteiger partial charge in [-0.1, -0.05) is 43.3 Å². The second-order valence-electron chi connectivity index (χ2n) is 16.4. The quantitative estimate of drug-likeness (QED) is 0.0342. The minimum Gasteiger partial charge on any atom is -0.493 e. The first-order chi connectivity index (χ1) is 32.8. The maximum Gasteiger partial charge on any atom is 0.260 e. The van der Waals surface area contributed by atoms with Crippen molar-refractivity contribution in [1.82, 2.24) is 0 Å². The van der Waals surface area contributed by atoms with E-state index in [2.05, 4.69) is 65.5 Å². The first-order valence-electron chi connectivity index (χ1n) is 22.9. The monoisotopic (exact) mass is 913 g/mol. The Kier molecular flexibility index (Phi) is 17.1. The zero-order valence-electron chi connectivity index (χ0n) is 39.5. The lowest BCUT2D eigenvalue weighted by atomic mass is 10.1. The summed E-state index contributed by atoms with van der Waals surface area (Å²) in [7, 11) is 8.63. The number of likely N-dealkylation sites (N-methyl/N-ethyl adjacent to an activating group) is 1. The fourth-order valence-corrected chi connectivity index (χ4v) is 8.53. The highest BCUT2D eigenvalue weighted by Crippen LogP contribution is 2.39. The second kappa shape index (κ2) is 23.7. The van der Waals surface area contributed by atoms with Crippen molar-refractivity contribution >= 4 is 46.8 Å². The molecule has 0 saturated carbocycles. The van der Waals surface area contributed by atoms with Gasteiger partial charge in [0, 0.05) is 81.8 Å². The predicted octanol–water partition coefficient (Wildman–Crippen LogP) is 8.58. The summed E-state index contributed by atoms with van der Waals surface area (Å²) in [6.45, 7) is 7.10. The average Bonchev–Trinajstić information content (AvgIpc) is 3.94. The summed E-state index contributed by atoms with van der Waals surface area (Å²) < 4.78 is 41.3. The first kappa shape index (κ1) is 48.3. The van der Waals surface area contributed by atoms with Gasteiger partial charge in [-0.15, -0.1) is 0 Å². The van der Waals surface area contributed by atoms with Gasteiger partial charge in [-0.2, -0.15) is 0 Å². The van der Waals surface area contributed by atoms with E-state index in [0.29, 0.717) is 91.6 Å². The van der Waals surface area contributed by atoms with Crippen LogP contribution in [-0.4, -0.2) is 113 Å². The van der Waals surface area contributed by atoms with Gasteiger partial charge in [-0.3, -0.25) is 14.6 Å². The molecule has 2 aliphatic heterocycles. The molecule has 2 heterocycles. The Morgan fingerprint density at radius 1 is 0.776 bits per heavy atom. The maximum absolute atomic E-state index is 14.0. The molecule has 1 atom stereocenters. The molecule has 14 nitrogen and oxygen atoms in total. The van der Waals surface area contributed by atoms with Gasteiger partial charge in [-0.25, -0.2) is 0 Å². The molecule has 0 radical (unpaired) electrons. The van der Waals surface area contributed by atoms with E-state index in [4.69, 9.17) is 38.2 Å². The topological polar surface area (TPSA) is 133 Å². The molecule has 1 unspecified atom stereocenters. The summed E-state index contributed by atoms with van der Waals surface area (Å²) in [5, 5.41) is 3.21. The van der Waals surface area contributed by atoms with Crippen LogP contribution in [-0.2, 0) is 40.3 Å². The van der Waals surface area contributed by atoms with E-state index >= 15 is 0 Å². The van der Waals surface area contributed by atoms with Crippen molar-refractivity contribution in [3.63, 3.8) is 0 Å². The van der Waals surface area contributed by atoms with Crippen LogP contribution in [0.4, 0.5) is 28.4 Å². The van der Waals surface area contributed by atoms with E-state index < -0.39 is 0 Å². The number of aldehydes is 1. The first-order valence-corrected chi connectivity index (χ1v) is 22.9. The van der Waals surface area contributed by atoms with Crippen molar-refractivity contribution in [2.45, 2.75) is 45.4 Å². The molecule has 7 rings (SSSR count). The molecular weight excluding hydrogens is 851 g/mol. The number of carbonyl (C=O) groups excluding carboxylic acids is 2. The average molecular weight is 914 g/mol. The van der Waals surface area contributed by atoms with Crippen LogP contribution in [0.3, 0.4) is 0 Å². The minimum atomic E-state index is -0.112. The molecule has 0 spiro atoms. The number of hydrogen-bond acceptors (Lipinski definition) is 13. The lowest BCUT2D eigenvalue weighted by Crippen LogP contribution is -2.29. The Hall–Kier alpha value is -6.61. The fraction of sp³-hybridized carbons (Fsp3) is 0.377. The van der Waals surface area contributed by atoms with Crippen LogP contribution < -0.4 is 39.0 Å². The van der Waals surface area contributed by atoms with Gasteiger partial charge in [-0.05, 0) is 84.0 Å². The summed E-state index contributed by atoms with van der Waals surface area (Å²) in [5.74, 6) is 1.69. The van der Waals surface area contributed by atoms with Crippen LogP contribution in [0.2, 0.25) is 0 Å². The van der Waals surface area contributed by atoms with Crippen LogP contribution in [0.1, 0.15) is 56.3 Å². The number of para-hydroxylation sites is 2. The van der Waals surface area contributed by atoms with Gasteiger partial charge < -0.3 is 53.2 Å². The number of methoxy groups -OCH3 is 3. The largest absolute Gasteiger partial charge is 0.493 e. The molecule has 0 bridgehead atoms. The number of rotatable bonds is 25. The molecule has 5 aromatic rings. The van der Waals surface area contributed by atoms with Gasteiger partial charge in [0.15, 0.2) is 29.3 Å². The summed E-state index contributed by atoms with van der Waals surface area (Å²) in [4.78, 5) is 37.5. The molecule has 5 aromatic carbocycles. The van der Waals surface area contributed by atoms with Crippen molar-refractivity contribution < 1.29 is 42.7 Å². The Labute approximate surface area is 394 Å². The summed E-state index contributed by atoms with van der Waals surface area (Å²) in [6.07, 6.45) is 5.22. The van der Waals surface area contributed by atoms with Crippen LogP contribution >= 0.6 is 0 Å². The van der Waals surface area contributed by atoms with E-state index in [1.165, 1.54) is 11.3 Å². The van der Waals surface area contributed by atoms with Crippen LogP contribution in [0.25, 0.3) is 0 Å². The molecule has 2 aliphatic rings. The molecule has 0 fully saturated rings. The highest BCUT2D eigenvalue weighted by atomic mass is 16.5. The zero-order valence-corrected chi connectivity index (χ0v) is 39.5. The third-order valence-electron chi connectivity index (χ3n) is 12.1. The number of hydrogen-bond donors (Lipinski definition) is 1. The molecule has 0 saturated heterocycles. The molecule has 0 aliphatic carbocycles. The SMILES string of the molecule is CCCN(CCOCCOCCOC)c1cc(COc2cc(N=CC3Cc4ccccc4N3C)c(C=O)cc2OC)cc(COc2cc(NC)c(C(=O)N3CCc4ccccc43)cc2OC)c1. The van der Waals surface area contributed by atoms with Crippen LogP contribution in [0.15, 0.2) is 96.0 Å². The van der Waals surface area contributed by atoms with Gasteiger partial charge in [0.1, 0.15) is 13.2 Å². The van der Waals surface area contributed by atoms with Crippen molar-refractivity contribution in [1.29, 1.82) is 0 Å². The summed E-state index contributed by atoms with van der Waals surface area (Å²) in [6, 6.07) is 29.6. The molecule has 1 amide bonds. The number of nitrogens with zero attached hydrogens (tertiary/aromatic N) is 4. The third-order valence-corrected chi connectivity index (χ3v) is 12.1. The van der Waals surface area contributed by atoms with Gasteiger partial charge in [0.25, 0.3) is 5.91 Å². The number of fused-ring (bicyclic) bond motifs is 2. The van der Waals surface area contributed by atoms with E-state index in [1.807, 2.05) is 47.5 Å². The molecular formula is C53H63N5O9. The second-order valence-corrected chi connectivity index (χ2v) is 16.4. The predicted molar refractivity (Wildman–Crippen MR) is 264 cm³/mol. The van der Waals surface area contributed by atoms with Crippen molar-refractivity contribution in [3.8, 4) is 23.0 Å². The summed E-state index contributed by atoms with van der Waals surface area (Å²) >= 11 is 0. The standard InChI is InChI=1S/C53H63N5O9/c1-7-17-57(19-20-64-23-24-65-22-21-61-4)42-26-37(35-66-51-31-45(41(34-59)29-49(51)62-5)55-33-43-28-40-13-9-10-14-47(40)56(43)3)25-38(27-42)36-67-52-32-46(54-2)44(30-50(52)63-6)53(60)58-18-16-39-12-8-11-15-48(39)58/h8-15,25-27,29-34,43,54H,7,16-24,28,35-36H2,1-6H3. The van der Waals surface area contributed by atoms with Crippen LogP contribution in [0.5, 0.6) is 23.0 Å². The number of carbonyl (C=O) groups is 2. The van der Waals surface area contributed by atoms with Gasteiger partial charge >= 0.3 is 0 Å². The van der Waals surface area contributed by atoms with Crippen molar-refractivity contribution in [2.24, 2.45) is 4.99 Å². The lowest BCUT2D eigenvalue weighted by Gasteiger charge is -2.26. The van der Waals surface area contributed by atoms with E-state index in [0.717, 1.165) is 60.2 Å². The number of amides is 1. The highest BCUT2D eigenvalue weighted by Gasteiger charge is 2.29. The van der Waals surface area contributed by atoms with Gasteiger partial charge in [0.2, 0.25) is 0 Å². The van der Waals surface area contributed by atoms with Gasteiger partial charge in [0.05, 0.1) is 70.2 Å². The third kappa shape index (κ3) is 11.9. The lowest BCUT2D eigenvalue weighted by molar-refractivity contribution is 0.0264. The minimum absolute atomic E-state index is 0.0378. The maximum atomic E-state index is 14.0. The summed E-state index contributed by atoms with van der Waals surface area (Å²) in [5.41, 5.74) is 9.27. The van der Waals surface area contributed by atoms with E-state index in [1.54, 1.807) is 46.6 Å². The van der Waals surface area contributed by atoms with Crippen molar-refractivity contribution in [3.05, 3.63) is 124 Å². The number of aliphatic imine (C=N–C) groups is 1. The van der Waals surface area contributed by atoms with E-state index in [-0.39, 0.29) is 25.2 Å². The van der Waals surface area contributed by atoms with E-state index in [9.17, 15) is 9.59 Å². The Bertz CT molecular complexity index is 2500. The highest BCUT2D eigenvalue weighted by molar-refractivity contribution is 6.11.